The van der Waals surface area contributed by atoms with Gasteiger partial charge in [0.25, 0.3) is 0 Å². The monoisotopic (exact) mass is 378 g/mol. The molecule has 7 heteroatoms. The first kappa shape index (κ1) is 20.5. The number of hydrogen-bond acceptors (Lipinski definition) is 7. The predicted molar refractivity (Wildman–Crippen MR) is 101 cm³/mol. The molecule has 2 aromatic carbocycles. The van der Waals surface area contributed by atoms with E-state index in [-0.39, 0.29) is 0 Å². The van der Waals surface area contributed by atoms with Gasteiger partial charge < -0.3 is 33.2 Å². The van der Waals surface area contributed by atoms with E-state index in [0.717, 1.165) is 11.1 Å². The van der Waals surface area contributed by atoms with Gasteiger partial charge in [0.2, 0.25) is 0 Å². The van der Waals surface area contributed by atoms with Crippen molar-refractivity contribution in [1.29, 1.82) is 0 Å². The first-order valence-electron chi connectivity index (χ1n) is 8.27. The van der Waals surface area contributed by atoms with Crippen molar-refractivity contribution >= 4 is 0 Å². The molecule has 0 radical (unpaired) electrons. The topological polar surface area (TPSA) is 64.6 Å². The van der Waals surface area contributed by atoms with E-state index in [1.807, 2.05) is 12.1 Å². The fourth-order valence-corrected chi connectivity index (χ4v) is 2.68. The first-order valence-corrected chi connectivity index (χ1v) is 8.27. The molecule has 2 rings (SSSR count). The molecule has 2 aromatic rings. The number of ether oxygens (including phenoxy) is 7. The summed E-state index contributed by atoms with van der Waals surface area (Å²) in [6.45, 7) is 0.641. The van der Waals surface area contributed by atoms with Crippen molar-refractivity contribution in [2.75, 3.05) is 42.7 Å². The number of rotatable bonds is 10. The second-order valence-corrected chi connectivity index (χ2v) is 5.53. The maximum absolute atomic E-state index is 5.88. The summed E-state index contributed by atoms with van der Waals surface area (Å²) in [6, 6.07) is 7.22. The minimum absolute atomic E-state index is 0.320. The summed E-state index contributed by atoms with van der Waals surface area (Å²) in [4.78, 5) is 0. The molecule has 0 aliphatic carbocycles. The average Bonchev–Trinajstić information content (AvgIpc) is 2.72. The maximum atomic E-state index is 5.88. The fourth-order valence-electron chi connectivity index (χ4n) is 2.68. The van der Waals surface area contributed by atoms with Crippen LogP contribution in [0.25, 0.3) is 0 Å². The highest BCUT2D eigenvalue weighted by molar-refractivity contribution is 5.51. The smallest absolute Gasteiger partial charge is 0.164 e. The zero-order chi connectivity index (χ0) is 19.8. The van der Waals surface area contributed by atoms with Gasteiger partial charge in [0.15, 0.2) is 23.0 Å². The molecule has 0 heterocycles. The van der Waals surface area contributed by atoms with Crippen molar-refractivity contribution in [3.63, 3.8) is 0 Å². The highest BCUT2D eigenvalue weighted by Crippen LogP contribution is 2.37. The van der Waals surface area contributed by atoms with E-state index in [1.54, 1.807) is 54.8 Å². The minimum atomic E-state index is 0.320. The second-order valence-electron chi connectivity index (χ2n) is 5.53. The fraction of sp³-hybridized carbons (Fsp3) is 0.400. The van der Waals surface area contributed by atoms with Crippen LogP contribution in [0.15, 0.2) is 24.3 Å². The van der Waals surface area contributed by atoms with E-state index in [9.17, 15) is 0 Å². The Morgan fingerprint density at radius 2 is 0.741 bits per heavy atom. The van der Waals surface area contributed by atoms with Crippen LogP contribution in [-0.4, -0.2) is 42.7 Å². The van der Waals surface area contributed by atoms with Gasteiger partial charge in [-0.05, 0) is 12.1 Å². The normalized spacial score (nSPS) is 10.3. The summed E-state index contributed by atoms with van der Waals surface area (Å²) in [5.41, 5.74) is 1.68. The van der Waals surface area contributed by atoms with Crippen LogP contribution in [0, 0.1) is 0 Å². The van der Waals surface area contributed by atoms with Crippen LogP contribution >= 0.6 is 0 Å². The highest BCUT2D eigenvalue weighted by atomic mass is 16.5. The Hall–Kier alpha value is -2.80. The van der Waals surface area contributed by atoms with Gasteiger partial charge in [0, 0.05) is 23.3 Å². The van der Waals surface area contributed by atoms with E-state index in [4.69, 9.17) is 33.2 Å². The molecule has 0 atom stereocenters. The van der Waals surface area contributed by atoms with Crippen LogP contribution in [-0.2, 0) is 18.0 Å². The molecule has 0 spiro atoms. The Balaban J connectivity index is 2.18. The number of methoxy groups -OCH3 is 6. The van der Waals surface area contributed by atoms with Crippen molar-refractivity contribution in [3.05, 3.63) is 35.4 Å². The van der Waals surface area contributed by atoms with Gasteiger partial charge in [-0.25, -0.2) is 0 Å². The molecule has 0 unspecified atom stereocenters. The Kier molecular flexibility index (Phi) is 7.43. The summed E-state index contributed by atoms with van der Waals surface area (Å²) < 4.78 is 38.0. The van der Waals surface area contributed by atoms with Gasteiger partial charge in [-0.2, -0.15) is 0 Å². The third kappa shape index (κ3) is 4.68. The molecule has 0 amide bonds. The Morgan fingerprint density at radius 1 is 0.444 bits per heavy atom. The van der Waals surface area contributed by atoms with E-state index in [0.29, 0.717) is 47.7 Å². The molecule has 0 saturated carbocycles. The Morgan fingerprint density at radius 3 is 1.04 bits per heavy atom. The van der Waals surface area contributed by atoms with Crippen LogP contribution in [0.5, 0.6) is 34.5 Å². The quantitative estimate of drug-likeness (QED) is 0.627. The van der Waals surface area contributed by atoms with E-state index in [1.165, 1.54) is 0 Å². The van der Waals surface area contributed by atoms with Gasteiger partial charge in [-0.1, -0.05) is 0 Å². The second kappa shape index (κ2) is 9.78. The third-order valence-electron chi connectivity index (χ3n) is 4.09. The molecule has 148 valence electrons. The van der Waals surface area contributed by atoms with Gasteiger partial charge in [0.05, 0.1) is 55.9 Å². The van der Waals surface area contributed by atoms with Crippen LogP contribution in [0.1, 0.15) is 11.1 Å². The molecular weight excluding hydrogens is 352 g/mol. The number of hydrogen-bond donors (Lipinski definition) is 0. The standard InChI is InChI=1S/C20H26O7/c1-21-15-9-19(25-5)17(23-3)7-13(15)11-27-12-14-8-18(24-4)20(26-6)10-16(14)22-2/h7-10H,11-12H2,1-6H3. The summed E-state index contributed by atoms with van der Waals surface area (Å²) in [6.07, 6.45) is 0. The average molecular weight is 378 g/mol. The van der Waals surface area contributed by atoms with Gasteiger partial charge in [0.1, 0.15) is 11.5 Å². The Bertz CT molecular complexity index is 695. The predicted octanol–water partition coefficient (Wildman–Crippen LogP) is 3.46. The lowest BCUT2D eigenvalue weighted by atomic mass is 10.1. The van der Waals surface area contributed by atoms with Crippen LogP contribution in [0.2, 0.25) is 0 Å². The molecule has 0 aliphatic rings. The molecule has 0 aliphatic heterocycles. The lowest BCUT2D eigenvalue weighted by Crippen LogP contribution is -2.02. The van der Waals surface area contributed by atoms with Crippen molar-refractivity contribution < 1.29 is 33.2 Å². The molecule has 0 saturated heterocycles. The SMILES string of the molecule is COc1cc(OC)c(OC)cc1COCc1cc(OC)c(OC)cc1OC. The summed E-state index contributed by atoms with van der Waals surface area (Å²) in [7, 11) is 9.53. The van der Waals surface area contributed by atoms with E-state index >= 15 is 0 Å². The molecule has 0 N–H and O–H groups in total. The number of benzene rings is 2. The first-order chi connectivity index (χ1) is 13.1. The zero-order valence-corrected chi connectivity index (χ0v) is 16.6. The summed E-state index contributed by atoms with van der Waals surface area (Å²) >= 11 is 0. The van der Waals surface area contributed by atoms with Crippen molar-refractivity contribution in [1.82, 2.24) is 0 Å². The summed E-state index contributed by atoms with van der Waals surface area (Å²) in [5.74, 6) is 3.74. The molecule has 0 bridgehead atoms. The van der Waals surface area contributed by atoms with Crippen molar-refractivity contribution in [2.24, 2.45) is 0 Å². The molecule has 0 fully saturated rings. The van der Waals surface area contributed by atoms with E-state index < -0.39 is 0 Å². The van der Waals surface area contributed by atoms with E-state index in [2.05, 4.69) is 0 Å². The third-order valence-corrected chi connectivity index (χ3v) is 4.09. The molecule has 0 aromatic heterocycles. The van der Waals surface area contributed by atoms with Crippen LogP contribution in [0.4, 0.5) is 0 Å². The van der Waals surface area contributed by atoms with Gasteiger partial charge >= 0.3 is 0 Å². The van der Waals surface area contributed by atoms with Crippen LogP contribution < -0.4 is 28.4 Å². The van der Waals surface area contributed by atoms with Gasteiger partial charge in [-0.3, -0.25) is 0 Å². The lowest BCUT2D eigenvalue weighted by Gasteiger charge is -2.16. The highest BCUT2D eigenvalue weighted by Gasteiger charge is 2.14. The molecule has 27 heavy (non-hydrogen) atoms. The maximum Gasteiger partial charge on any atom is 0.164 e. The largest absolute Gasteiger partial charge is 0.496 e. The Labute approximate surface area is 159 Å². The summed E-state index contributed by atoms with van der Waals surface area (Å²) in [5, 5.41) is 0. The van der Waals surface area contributed by atoms with Gasteiger partial charge in [-0.15, -0.1) is 0 Å². The van der Waals surface area contributed by atoms with Crippen molar-refractivity contribution in [2.45, 2.75) is 13.2 Å². The molecular formula is C20H26O7. The van der Waals surface area contributed by atoms with Crippen LogP contribution in [0.3, 0.4) is 0 Å². The lowest BCUT2D eigenvalue weighted by molar-refractivity contribution is 0.103. The molecule has 7 nitrogen and oxygen atoms in total. The minimum Gasteiger partial charge on any atom is -0.496 e. The van der Waals surface area contributed by atoms with Crippen molar-refractivity contribution in [3.8, 4) is 34.5 Å². The zero-order valence-electron chi connectivity index (χ0n) is 16.6.